The van der Waals surface area contributed by atoms with Crippen LogP contribution in [0.3, 0.4) is 0 Å². The van der Waals surface area contributed by atoms with Gasteiger partial charge in [-0.25, -0.2) is 4.68 Å². The molecule has 1 amide bonds. The molecule has 0 saturated carbocycles. The molecule has 0 saturated heterocycles. The molecular formula is C15H20N4O. The molecular weight excluding hydrogens is 252 g/mol. The minimum Gasteiger partial charge on any atom is -0.354 e. The van der Waals surface area contributed by atoms with Gasteiger partial charge in [0.2, 0.25) is 0 Å². The Hall–Kier alpha value is -2.14. The summed E-state index contributed by atoms with van der Waals surface area (Å²) < 4.78 is 1.70. The number of carbonyl (C=O) groups is 1. The Morgan fingerprint density at radius 1 is 1.45 bits per heavy atom. The molecule has 0 spiro atoms. The average Bonchev–Trinajstić information content (AvgIpc) is 2.96. The fourth-order valence-electron chi connectivity index (χ4n) is 1.99. The lowest BCUT2D eigenvalue weighted by molar-refractivity contribution is 0.0957. The summed E-state index contributed by atoms with van der Waals surface area (Å²) in [6.07, 6.45) is 3.57. The number of nitrogens with two attached hydrogens (primary N) is 1. The van der Waals surface area contributed by atoms with Gasteiger partial charge in [-0.15, -0.1) is 0 Å². The summed E-state index contributed by atoms with van der Waals surface area (Å²) in [4.78, 5) is 11.5. The van der Waals surface area contributed by atoms with Crippen LogP contribution >= 0.6 is 0 Å². The molecule has 1 aromatic carbocycles. The second-order valence-electron chi connectivity index (χ2n) is 4.77. The number of hydrogen-bond acceptors (Lipinski definition) is 3. The van der Waals surface area contributed by atoms with Gasteiger partial charge in [0.05, 0.1) is 5.69 Å². The summed E-state index contributed by atoms with van der Waals surface area (Å²) in [6.45, 7) is 2.08. The number of benzene rings is 1. The maximum absolute atomic E-state index is 11.5. The lowest BCUT2D eigenvalue weighted by atomic mass is 10.0. The standard InChI is InChI=1S/C15H20N4O/c1-3-12(16)9-11-5-4-6-13(10-11)19-8-7-14(18-19)15(20)17-2/h4-8,10,12H,3,9,16H2,1-2H3,(H,17,20). The van der Waals surface area contributed by atoms with E-state index in [9.17, 15) is 4.79 Å². The normalized spacial score (nSPS) is 12.2. The molecule has 0 aliphatic carbocycles. The molecule has 0 bridgehead atoms. The van der Waals surface area contributed by atoms with Crippen LogP contribution in [-0.2, 0) is 6.42 Å². The van der Waals surface area contributed by atoms with E-state index in [0.29, 0.717) is 5.69 Å². The SMILES string of the molecule is CCC(N)Cc1cccc(-n2ccc(C(=O)NC)n2)c1. The van der Waals surface area contributed by atoms with Crippen molar-refractivity contribution in [2.75, 3.05) is 7.05 Å². The number of amides is 1. The van der Waals surface area contributed by atoms with E-state index in [-0.39, 0.29) is 11.9 Å². The van der Waals surface area contributed by atoms with E-state index in [0.717, 1.165) is 18.5 Å². The summed E-state index contributed by atoms with van der Waals surface area (Å²) in [6, 6.07) is 9.92. The van der Waals surface area contributed by atoms with E-state index in [1.165, 1.54) is 5.56 Å². The summed E-state index contributed by atoms with van der Waals surface area (Å²) >= 11 is 0. The van der Waals surface area contributed by atoms with Gasteiger partial charge in [0, 0.05) is 19.3 Å². The first-order chi connectivity index (χ1) is 9.63. The van der Waals surface area contributed by atoms with Crippen LogP contribution < -0.4 is 11.1 Å². The number of rotatable bonds is 5. The van der Waals surface area contributed by atoms with Crippen LogP contribution in [0.4, 0.5) is 0 Å². The predicted octanol–water partition coefficient (Wildman–Crippen LogP) is 1.51. The van der Waals surface area contributed by atoms with Gasteiger partial charge in [0.1, 0.15) is 0 Å². The van der Waals surface area contributed by atoms with Crippen LogP contribution in [0, 0.1) is 0 Å². The second kappa shape index (κ2) is 6.34. The number of hydrogen-bond donors (Lipinski definition) is 2. The van der Waals surface area contributed by atoms with Gasteiger partial charge in [-0.1, -0.05) is 19.1 Å². The quantitative estimate of drug-likeness (QED) is 0.866. The van der Waals surface area contributed by atoms with Crippen molar-refractivity contribution in [3.63, 3.8) is 0 Å². The molecule has 5 heteroatoms. The monoisotopic (exact) mass is 272 g/mol. The van der Waals surface area contributed by atoms with Crippen molar-refractivity contribution in [1.29, 1.82) is 0 Å². The highest BCUT2D eigenvalue weighted by atomic mass is 16.1. The third-order valence-electron chi connectivity index (χ3n) is 3.25. The van der Waals surface area contributed by atoms with Crippen molar-refractivity contribution in [2.45, 2.75) is 25.8 Å². The van der Waals surface area contributed by atoms with Crippen molar-refractivity contribution >= 4 is 5.91 Å². The predicted molar refractivity (Wildman–Crippen MR) is 78.9 cm³/mol. The first-order valence-electron chi connectivity index (χ1n) is 6.76. The Labute approximate surface area is 118 Å². The van der Waals surface area contributed by atoms with E-state index < -0.39 is 0 Å². The topological polar surface area (TPSA) is 72.9 Å². The van der Waals surface area contributed by atoms with E-state index >= 15 is 0 Å². The van der Waals surface area contributed by atoms with Gasteiger partial charge < -0.3 is 11.1 Å². The Morgan fingerprint density at radius 2 is 2.25 bits per heavy atom. The zero-order valence-corrected chi connectivity index (χ0v) is 11.8. The Morgan fingerprint density at radius 3 is 2.95 bits per heavy atom. The number of nitrogens with one attached hydrogen (secondary N) is 1. The van der Waals surface area contributed by atoms with Crippen LogP contribution in [0.2, 0.25) is 0 Å². The largest absolute Gasteiger partial charge is 0.354 e. The maximum Gasteiger partial charge on any atom is 0.271 e. The van der Waals surface area contributed by atoms with Gasteiger partial charge in [0.25, 0.3) is 5.91 Å². The zero-order chi connectivity index (χ0) is 14.5. The van der Waals surface area contributed by atoms with Crippen molar-refractivity contribution in [3.8, 4) is 5.69 Å². The number of aromatic nitrogens is 2. The molecule has 1 heterocycles. The molecule has 2 rings (SSSR count). The van der Waals surface area contributed by atoms with E-state index in [2.05, 4.69) is 29.5 Å². The fourth-order valence-corrected chi connectivity index (χ4v) is 1.99. The van der Waals surface area contributed by atoms with Crippen LogP contribution in [0.5, 0.6) is 0 Å². The van der Waals surface area contributed by atoms with Crippen LogP contribution in [0.15, 0.2) is 36.5 Å². The van der Waals surface area contributed by atoms with Crippen LogP contribution in [0.25, 0.3) is 5.69 Å². The Bertz CT molecular complexity index is 591. The van der Waals surface area contributed by atoms with Gasteiger partial charge in [-0.2, -0.15) is 5.10 Å². The third kappa shape index (κ3) is 3.24. The molecule has 2 aromatic rings. The van der Waals surface area contributed by atoms with Gasteiger partial charge in [-0.05, 0) is 36.6 Å². The molecule has 0 fully saturated rings. The van der Waals surface area contributed by atoms with Crippen LogP contribution in [-0.4, -0.2) is 28.8 Å². The van der Waals surface area contributed by atoms with Crippen molar-refractivity contribution in [3.05, 3.63) is 47.8 Å². The maximum atomic E-state index is 11.5. The average molecular weight is 272 g/mol. The highest BCUT2D eigenvalue weighted by Crippen LogP contribution is 2.12. The fraction of sp³-hybridized carbons (Fsp3) is 0.333. The first kappa shape index (κ1) is 14.3. The highest BCUT2D eigenvalue weighted by Gasteiger charge is 2.08. The zero-order valence-electron chi connectivity index (χ0n) is 11.8. The van der Waals surface area contributed by atoms with E-state index in [1.807, 2.05) is 12.1 Å². The van der Waals surface area contributed by atoms with Crippen LogP contribution in [0.1, 0.15) is 29.4 Å². The molecule has 0 radical (unpaired) electrons. The highest BCUT2D eigenvalue weighted by molar-refractivity contribution is 5.91. The van der Waals surface area contributed by atoms with Gasteiger partial charge in [0.15, 0.2) is 5.69 Å². The molecule has 3 N–H and O–H groups in total. The summed E-state index contributed by atoms with van der Waals surface area (Å²) in [5, 5.41) is 6.82. The third-order valence-corrected chi connectivity index (χ3v) is 3.25. The van der Waals surface area contributed by atoms with Crippen molar-refractivity contribution in [1.82, 2.24) is 15.1 Å². The van der Waals surface area contributed by atoms with E-state index in [4.69, 9.17) is 5.73 Å². The van der Waals surface area contributed by atoms with Gasteiger partial charge >= 0.3 is 0 Å². The molecule has 1 aromatic heterocycles. The number of nitrogens with zero attached hydrogens (tertiary/aromatic N) is 2. The molecule has 1 atom stereocenters. The lowest BCUT2D eigenvalue weighted by Gasteiger charge is -2.10. The number of carbonyl (C=O) groups excluding carboxylic acids is 1. The molecule has 20 heavy (non-hydrogen) atoms. The second-order valence-corrected chi connectivity index (χ2v) is 4.77. The minimum absolute atomic E-state index is 0.171. The molecule has 1 unspecified atom stereocenters. The molecule has 0 aliphatic heterocycles. The first-order valence-corrected chi connectivity index (χ1v) is 6.76. The smallest absolute Gasteiger partial charge is 0.271 e. The van der Waals surface area contributed by atoms with E-state index in [1.54, 1.807) is 24.0 Å². The minimum atomic E-state index is -0.187. The molecule has 106 valence electrons. The lowest BCUT2D eigenvalue weighted by Crippen LogP contribution is -2.21. The Balaban J connectivity index is 2.22. The summed E-state index contributed by atoms with van der Waals surface area (Å²) in [5.41, 5.74) is 8.49. The Kier molecular flexibility index (Phi) is 4.53. The van der Waals surface area contributed by atoms with Crippen molar-refractivity contribution in [2.24, 2.45) is 5.73 Å². The summed E-state index contributed by atoms with van der Waals surface area (Å²) in [5.74, 6) is -0.187. The summed E-state index contributed by atoms with van der Waals surface area (Å²) in [7, 11) is 1.59. The molecule has 5 nitrogen and oxygen atoms in total. The van der Waals surface area contributed by atoms with Crippen molar-refractivity contribution < 1.29 is 4.79 Å². The van der Waals surface area contributed by atoms with Gasteiger partial charge in [-0.3, -0.25) is 4.79 Å². The molecule has 0 aliphatic rings.